The summed E-state index contributed by atoms with van der Waals surface area (Å²) in [6, 6.07) is 10.5. The first-order chi connectivity index (χ1) is 11.9. The second kappa shape index (κ2) is 7.57. The smallest absolute Gasteiger partial charge is 0.315 e. The van der Waals surface area contributed by atoms with Crippen molar-refractivity contribution >= 4 is 43.3 Å². The van der Waals surface area contributed by atoms with E-state index in [4.69, 9.17) is 4.74 Å². The van der Waals surface area contributed by atoms with Gasteiger partial charge < -0.3 is 4.74 Å². The van der Waals surface area contributed by atoms with Gasteiger partial charge in [0, 0.05) is 18.0 Å². The Kier molecular flexibility index (Phi) is 5.62. The minimum atomic E-state index is -3.55. The van der Waals surface area contributed by atoms with Gasteiger partial charge in [0.15, 0.2) is 0 Å². The van der Waals surface area contributed by atoms with Gasteiger partial charge in [-0.05, 0) is 60.0 Å². The van der Waals surface area contributed by atoms with E-state index in [2.05, 4.69) is 15.9 Å². The number of hydrogen-bond acceptors (Lipinski definition) is 5. The van der Waals surface area contributed by atoms with Crippen LogP contribution in [0.5, 0.6) is 5.75 Å². The minimum absolute atomic E-state index is 0.155. The number of aryl methyl sites for hydroxylation is 1. The number of nitrogens with zero attached hydrogens (tertiary/aromatic N) is 1. The highest BCUT2D eigenvalue weighted by atomic mass is 79.9. The third kappa shape index (κ3) is 4.13. The molecular formula is C17H18BrNO4S2. The van der Waals surface area contributed by atoms with Crippen LogP contribution < -0.4 is 4.74 Å². The first-order valence-corrected chi connectivity index (χ1v) is 11.0. The number of sulfonamides is 1. The third-order valence-electron chi connectivity index (χ3n) is 4.07. The summed E-state index contributed by atoms with van der Waals surface area (Å²) in [5.41, 5.74) is 0. The molecule has 1 aromatic carbocycles. The number of thiophene rings is 1. The molecule has 134 valence electrons. The number of ether oxygens (including phenoxy) is 1. The van der Waals surface area contributed by atoms with E-state index < -0.39 is 21.9 Å². The van der Waals surface area contributed by atoms with Gasteiger partial charge in [-0.2, -0.15) is 4.31 Å². The Labute approximate surface area is 159 Å². The lowest BCUT2D eigenvalue weighted by atomic mass is 10.00. The number of rotatable bonds is 4. The Bertz CT molecular complexity index is 878. The van der Waals surface area contributed by atoms with Crippen molar-refractivity contribution in [2.45, 2.75) is 24.0 Å². The van der Waals surface area contributed by atoms with Gasteiger partial charge in [0.2, 0.25) is 0 Å². The van der Waals surface area contributed by atoms with E-state index in [1.54, 1.807) is 30.3 Å². The molecule has 0 spiro atoms. The quantitative estimate of drug-likeness (QED) is 0.531. The first kappa shape index (κ1) is 18.6. The van der Waals surface area contributed by atoms with Gasteiger partial charge in [0.05, 0.1) is 10.4 Å². The summed E-state index contributed by atoms with van der Waals surface area (Å²) >= 11 is 4.59. The van der Waals surface area contributed by atoms with Crippen LogP contribution in [0.3, 0.4) is 0 Å². The molecule has 2 aromatic rings. The average Bonchev–Trinajstić information content (AvgIpc) is 3.04. The number of hydrogen-bond donors (Lipinski definition) is 0. The summed E-state index contributed by atoms with van der Waals surface area (Å²) in [6.07, 6.45) is 1.26. The van der Waals surface area contributed by atoms with E-state index in [-0.39, 0.29) is 6.54 Å². The molecule has 1 fully saturated rings. The molecule has 1 saturated heterocycles. The SMILES string of the molecule is Cc1ccc(S(=O)(=O)N2CCCC(C(=O)Oc3ccccc3Br)C2)s1. The number of halogens is 1. The standard InChI is InChI=1S/C17H18BrNO4S2/c1-12-8-9-16(24-12)25(21,22)19-10-4-5-13(11-19)17(20)23-15-7-3-2-6-14(15)18/h2-3,6-9,13H,4-5,10-11H2,1H3. The Balaban J connectivity index is 1.73. The monoisotopic (exact) mass is 443 g/mol. The predicted molar refractivity (Wildman–Crippen MR) is 100 cm³/mol. The molecule has 3 rings (SSSR count). The first-order valence-electron chi connectivity index (χ1n) is 7.91. The molecule has 5 nitrogen and oxygen atoms in total. The molecule has 0 bridgehead atoms. The highest BCUT2D eigenvalue weighted by molar-refractivity contribution is 9.10. The highest BCUT2D eigenvalue weighted by Crippen LogP contribution is 2.30. The van der Waals surface area contributed by atoms with Gasteiger partial charge in [0.25, 0.3) is 10.0 Å². The van der Waals surface area contributed by atoms with Crippen LogP contribution in [0.1, 0.15) is 17.7 Å². The van der Waals surface area contributed by atoms with Crippen LogP contribution in [-0.2, 0) is 14.8 Å². The van der Waals surface area contributed by atoms with E-state index in [1.807, 2.05) is 13.0 Å². The Hall–Kier alpha value is -1.22. The molecule has 1 atom stereocenters. The van der Waals surface area contributed by atoms with Gasteiger partial charge >= 0.3 is 5.97 Å². The normalized spacial score (nSPS) is 18.9. The fourth-order valence-electron chi connectivity index (χ4n) is 2.75. The maximum Gasteiger partial charge on any atom is 0.315 e. The van der Waals surface area contributed by atoms with Crippen molar-refractivity contribution in [1.82, 2.24) is 4.31 Å². The molecule has 1 unspecified atom stereocenters. The predicted octanol–water partition coefficient (Wildman–Crippen LogP) is 3.83. The van der Waals surface area contributed by atoms with Gasteiger partial charge in [0.1, 0.15) is 9.96 Å². The van der Waals surface area contributed by atoms with Crippen LogP contribution in [0.25, 0.3) is 0 Å². The van der Waals surface area contributed by atoms with E-state index in [0.717, 1.165) is 4.88 Å². The topological polar surface area (TPSA) is 63.7 Å². The lowest BCUT2D eigenvalue weighted by molar-refractivity contribution is -0.140. The zero-order valence-corrected chi connectivity index (χ0v) is 16.9. The fourth-order valence-corrected chi connectivity index (χ4v) is 6.08. The van der Waals surface area contributed by atoms with E-state index in [9.17, 15) is 13.2 Å². The summed E-state index contributed by atoms with van der Waals surface area (Å²) in [7, 11) is -3.55. The molecule has 0 radical (unpaired) electrons. The molecule has 8 heteroatoms. The Morgan fingerprint density at radius 2 is 2.04 bits per heavy atom. The summed E-state index contributed by atoms with van der Waals surface area (Å²) in [6.45, 7) is 2.46. The van der Waals surface area contributed by atoms with Crippen LogP contribution in [0.15, 0.2) is 45.1 Å². The van der Waals surface area contributed by atoms with Crippen LogP contribution in [-0.4, -0.2) is 31.8 Å². The van der Waals surface area contributed by atoms with Gasteiger partial charge in [-0.15, -0.1) is 11.3 Å². The van der Waals surface area contributed by atoms with Gasteiger partial charge in [-0.25, -0.2) is 8.42 Å². The van der Waals surface area contributed by atoms with Crippen molar-refractivity contribution in [2.75, 3.05) is 13.1 Å². The molecule has 2 heterocycles. The van der Waals surface area contributed by atoms with E-state index in [0.29, 0.717) is 33.8 Å². The van der Waals surface area contributed by atoms with Gasteiger partial charge in [-0.3, -0.25) is 4.79 Å². The number of esters is 1. The summed E-state index contributed by atoms with van der Waals surface area (Å²) in [5.74, 6) is -0.410. The Morgan fingerprint density at radius 1 is 1.28 bits per heavy atom. The Morgan fingerprint density at radius 3 is 2.72 bits per heavy atom. The average molecular weight is 444 g/mol. The van der Waals surface area contributed by atoms with Crippen molar-refractivity contribution in [1.29, 1.82) is 0 Å². The van der Waals surface area contributed by atoms with Gasteiger partial charge in [-0.1, -0.05) is 12.1 Å². The molecule has 1 aliphatic rings. The fraction of sp³-hybridized carbons (Fsp3) is 0.353. The summed E-state index contributed by atoms with van der Waals surface area (Å²) in [5, 5.41) is 0. The van der Waals surface area contributed by atoms with Crippen molar-refractivity contribution in [2.24, 2.45) is 5.92 Å². The second-order valence-corrected chi connectivity index (χ2v) is 10.2. The molecule has 25 heavy (non-hydrogen) atoms. The van der Waals surface area contributed by atoms with E-state index >= 15 is 0 Å². The minimum Gasteiger partial charge on any atom is -0.425 e. The largest absolute Gasteiger partial charge is 0.425 e. The zero-order valence-electron chi connectivity index (χ0n) is 13.6. The molecule has 1 aromatic heterocycles. The van der Waals surface area contributed by atoms with Crippen LogP contribution in [0, 0.1) is 12.8 Å². The highest BCUT2D eigenvalue weighted by Gasteiger charge is 2.35. The number of para-hydroxylation sites is 1. The van der Waals surface area contributed by atoms with Crippen molar-refractivity contribution < 1.29 is 17.9 Å². The number of carbonyl (C=O) groups is 1. The zero-order chi connectivity index (χ0) is 18.0. The van der Waals surface area contributed by atoms with Crippen LogP contribution >= 0.6 is 27.3 Å². The molecule has 0 saturated carbocycles. The van der Waals surface area contributed by atoms with Crippen LogP contribution in [0.4, 0.5) is 0 Å². The number of benzene rings is 1. The third-order valence-corrected chi connectivity index (χ3v) is 8.06. The molecule has 1 aliphatic heterocycles. The van der Waals surface area contributed by atoms with Crippen molar-refractivity contribution in [3.8, 4) is 5.75 Å². The lowest BCUT2D eigenvalue weighted by Crippen LogP contribution is -2.43. The molecule has 0 N–H and O–H groups in total. The summed E-state index contributed by atoms with van der Waals surface area (Å²) < 4.78 is 33.4. The lowest BCUT2D eigenvalue weighted by Gasteiger charge is -2.30. The molecule has 0 aliphatic carbocycles. The molecule has 0 amide bonds. The maximum absolute atomic E-state index is 12.8. The second-order valence-electron chi connectivity index (χ2n) is 5.92. The van der Waals surface area contributed by atoms with Crippen molar-refractivity contribution in [3.63, 3.8) is 0 Å². The maximum atomic E-state index is 12.8. The summed E-state index contributed by atoms with van der Waals surface area (Å²) in [4.78, 5) is 13.4. The molecular weight excluding hydrogens is 426 g/mol. The van der Waals surface area contributed by atoms with Crippen molar-refractivity contribution in [3.05, 3.63) is 45.7 Å². The van der Waals surface area contributed by atoms with Crippen LogP contribution in [0.2, 0.25) is 0 Å². The number of piperidine rings is 1. The number of carbonyl (C=O) groups excluding carboxylic acids is 1. The van der Waals surface area contributed by atoms with E-state index in [1.165, 1.54) is 15.6 Å².